The van der Waals surface area contributed by atoms with Crippen molar-refractivity contribution in [1.82, 2.24) is 20.1 Å². The standard InChI is InChI=1S/C16H16BrN5OS/c1-21-14(12-3-2-10(17)8-13(12)20-21)15(23)19-11-4-6-22(9-11)16-18-5-7-24-16/h2-3,5,7-8,11H,4,6,9H2,1H3,(H,19,23). The summed E-state index contributed by atoms with van der Waals surface area (Å²) in [4.78, 5) is 19.3. The number of nitrogens with one attached hydrogen (secondary N) is 1. The van der Waals surface area contributed by atoms with Gasteiger partial charge in [-0.2, -0.15) is 5.10 Å². The monoisotopic (exact) mass is 405 g/mol. The Bertz CT molecular complexity index is 891. The number of aryl methyl sites for hydroxylation is 1. The van der Waals surface area contributed by atoms with E-state index >= 15 is 0 Å². The first-order valence-electron chi connectivity index (χ1n) is 7.69. The van der Waals surface area contributed by atoms with Crippen molar-refractivity contribution in [1.29, 1.82) is 0 Å². The largest absolute Gasteiger partial charge is 0.346 e. The third-order valence-corrected chi connectivity index (χ3v) is 5.55. The first-order chi connectivity index (χ1) is 11.6. The van der Waals surface area contributed by atoms with Crippen LogP contribution in [0.15, 0.2) is 34.2 Å². The zero-order valence-electron chi connectivity index (χ0n) is 13.1. The lowest BCUT2D eigenvalue weighted by Gasteiger charge is -2.16. The van der Waals surface area contributed by atoms with Gasteiger partial charge in [0, 0.05) is 47.6 Å². The van der Waals surface area contributed by atoms with Crippen molar-refractivity contribution in [3.63, 3.8) is 0 Å². The molecule has 2 aromatic heterocycles. The number of rotatable bonds is 3. The van der Waals surface area contributed by atoms with E-state index in [4.69, 9.17) is 0 Å². The maximum Gasteiger partial charge on any atom is 0.270 e. The van der Waals surface area contributed by atoms with Gasteiger partial charge in [-0.25, -0.2) is 4.98 Å². The number of aromatic nitrogens is 3. The van der Waals surface area contributed by atoms with Crippen LogP contribution in [0.2, 0.25) is 0 Å². The van der Waals surface area contributed by atoms with E-state index < -0.39 is 0 Å². The molecule has 1 saturated heterocycles. The van der Waals surface area contributed by atoms with Crippen LogP contribution in [0.25, 0.3) is 10.9 Å². The van der Waals surface area contributed by atoms with E-state index in [0.29, 0.717) is 5.69 Å². The van der Waals surface area contributed by atoms with Crippen molar-refractivity contribution >= 4 is 49.2 Å². The number of fused-ring (bicyclic) bond motifs is 1. The second-order valence-corrected chi connectivity index (χ2v) is 7.64. The molecule has 24 heavy (non-hydrogen) atoms. The van der Waals surface area contributed by atoms with Gasteiger partial charge in [0.2, 0.25) is 0 Å². The molecule has 3 aromatic rings. The molecule has 0 spiro atoms. The van der Waals surface area contributed by atoms with E-state index in [1.165, 1.54) is 0 Å². The van der Waals surface area contributed by atoms with E-state index in [-0.39, 0.29) is 11.9 Å². The van der Waals surface area contributed by atoms with Gasteiger partial charge in [0.05, 0.1) is 5.52 Å². The minimum atomic E-state index is -0.0756. The number of hydrogen-bond donors (Lipinski definition) is 1. The van der Waals surface area contributed by atoms with Crippen LogP contribution in [0.4, 0.5) is 5.13 Å². The summed E-state index contributed by atoms with van der Waals surface area (Å²) < 4.78 is 2.61. The van der Waals surface area contributed by atoms with E-state index in [0.717, 1.165) is 40.0 Å². The Balaban J connectivity index is 1.52. The Labute approximate surface area is 151 Å². The fourth-order valence-corrected chi connectivity index (χ4v) is 4.15. The minimum Gasteiger partial charge on any atom is -0.346 e. The normalized spacial score (nSPS) is 17.6. The van der Waals surface area contributed by atoms with Gasteiger partial charge in [0.1, 0.15) is 5.69 Å². The Morgan fingerprint density at radius 1 is 1.46 bits per heavy atom. The van der Waals surface area contributed by atoms with E-state index in [9.17, 15) is 4.79 Å². The summed E-state index contributed by atoms with van der Waals surface area (Å²) >= 11 is 5.07. The van der Waals surface area contributed by atoms with Gasteiger partial charge in [0.25, 0.3) is 5.91 Å². The molecular weight excluding hydrogens is 390 g/mol. The van der Waals surface area contributed by atoms with Gasteiger partial charge in [-0.3, -0.25) is 9.48 Å². The fourth-order valence-electron chi connectivity index (χ4n) is 3.12. The summed E-state index contributed by atoms with van der Waals surface area (Å²) in [6.45, 7) is 1.71. The molecule has 1 unspecified atom stereocenters. The van der Waals surface area contributed by atoms with Gasteiger partial charge >= 0.3 is 0 Å². The molecule has 8 heteroatoms. The summed E-state index contributed by atoms with van der Waals surface area (Å²) in [6.07, 6.45) is 2.73. The maximum atomic E-state index is 12.8. The Hall–Kier alpha value is -1.93. The number of nitrogens with zero attached hydrogens (tertiary/aromatic N) is 4. The summed E-state index contributed by atoms with van der Waals surface area (Å²) in [5, 5.41) is 11.4. The van der Waals surface area contributed by atoms with Crippen LogP contribution in [0.3, 0.4) is 0 Å². The molecule has 0 radical (unpaired) electrons. The molecule has 1 N–H and O–H groups in total. The van der Waals surface area contributed by atoms with Crippen LogP contribution >= 0.6 is 27.3 Å². The zero-order chi connectivity index (χ0) is 16.7. The average Bonchev–Trinajstić information content (AvgIpc) is 3.24. The lowest BCUT2D eigenvalue weighted by Crippen LogP contribution is -2.38. The lowest BCUT2D eigenvalue weighted by atomic mass is 10.2. The number of halogens is 1. The van der Waals surface area contributed by atoms with Crippen LogP contribution in [0.5, 0.6) is 0 Å². The topological polar surface area (TPSA) is 63.1 Å². The first kappa shape index (κ1) is 15.6. The van der Waals surface area contributed by atoms with Crippen LogP contribution in [0.1, 0.15) is 16.9 Å². The average molecular weight is 406 g/mol. The number of carbonyl (C=O) groups is 1. The van der Waals surface area contributed by atoms with E-state index in [1.807, 2.05) is 29.8 Å². The lowest BCUT2D eigenvalue weighted by molar-refractivity contribution is 0.0932. The summed E-state index contributed by atoms with van der Waals surface area (Å²) in [5.74, 6) is -0.0756. The smallest absolute Gasteiger partial charge is 0.270 e. The predicted molar refractivity (Wildman–Crippen MR) is 98.6 cm³/mol. The summed E-state index contributed by atoms with van der Waals surface area (Å²) in [5.41, 5.74) is 1.41. The molecule has 1 aliphatic heterocycles. The van der Waals surface area contributed by atoms with Crippen molar-refractivity contribution in [2.75, 3.05) is 18.0 Å². The van der Waals surface area contributed by atoms with Gasteiger partial charge < -0.3 is 10.2 Å². The van der Waals surface area contributed by atoms with Crippen LogP contribution < -0.4 is 10.2 Å². The molecule has 1 aliphatic rings. The second kappa shape index (κ2) is 6.18. The summed E-state index contributed by atoms with van der Waals surface area (Å²) in [7, 11) is 1.80. The third-order valence-electron chi connectivity index (χ3n) is 4.22. The quantitative estimate of drug-likeness (QED) is 0.727. The molecule has 3 heterocycles. The molecule has 1 atom stereocenters. The van der Waals surface area contributed by atoms with Gasteiger partial charge in [0.15, 0.2) is 5.13 Å². The number of hydrogen-bond acceptors (Lipinski definition) is 5. The highest BCUT2D eigenvalue weighted by Crippen LogP contribution is 2.24. The highest BCUT2D eigenvalue weighted by molar-refractivity contribution is 9.10. The Morgan fingerprint density at radius 3 is 3.12 bits per heavy atom. The highest BCUT2D eigenvalue weighted by atomic mass is 79.9. The van der Waals surface area contributed by atoms with Crippen LogP contribution in [0, 0.1) is 0 Å². The fraction of sp³-hybridized carbons (Fsp3) is 0.312. The van der Waals surface area contributed by atoms with Crippen LogP contribution in [-0.4, -0.2) is 39.8 Å². The number of thiazole rings is 1. The van der Waals surface area contributed by atoms with Crippen molar-refractivity contribution < 1.29 is 4.79 Å². The van der Waals surface area contributed by atoms with Gasteiger partial charge in [-0.05, 0) is 24.6 Å². The molecule has 4 rings (SSSR count). The second-order valence-electron chi connectivity index (χ2n) is 5.85. The Kier molecular flexibility index (Phi) is 4.01. The van der Waals surface area contributed by atoms with Crippen molar-refractivity contribution in [2.24, 2.45) is 7.05 Å². The molecule has 0 saturated carbocycles. The number of anilines is 1. The van der Waals surface area contributed by atoms with Gasteiger partial charge in [-0.15, -0.1) is 11.3 Å². The van der Waals surface area contributed by atoms with E-state index in [1.54, 1.807) is 23.1 Å². The Morgan fingerprint density at radius 2 is 2.33 bits per heavy atom. The van der Waals surface area contributed by atoms with Crippen molar-refractivity contribution in [2.45, 2.75) is 12.5 Å². The van der Waals surface area contributed by atoms with E-state index in [2.05, 4.69) is 36.2 Å². The molecular formula is C16H16BrN5OS. The first-order valence-corrected chi connectivity index (χ1v) is 9.36. The molecule has 0 aliphatic carbocycles. The SMILES string of the molecule is Cn1nc2cc(Br)ccc2c1C(=O)NC1CCN(c2nccs2)C1. The molecule has 6 nitrogen and oxygen atoms in total. The third kappa shape index (κ3) is 2.80. The predicted octanol–water partition coefficient (Wildman–Crippen LogP) is 2.80. The molecule has 1 fully saturated rings. The number of carbonyl (C=O) groups excluding carboxylic acids is 1. The molecule has 0 bridgehead atoms. The number of benzene rings is 1. The molecule has 124 valence electrons. The summed E-state index contributed by atoms with van der Waals surface area (Å²) in [6, 6.07) is 5.91. The molecule has 1 aromatic carbocycles. The zero-order valence-corrected chi connectivity index (χ0v) is 15.5. The van der Waals surface area contributed by atoms with Crippen molar-refractivity contribution in [3.05, 3.63) is 39.9 Å². The van der Waals surface area contributed by atoms with Gasteiger partial charge in [-0.1, -0.05) is 15.9 Å². The highest BCUT2D eigenvalue weighted by Gasteiger charge is 2.27. The minimum absolute atomic E-state index is 0.0756. The number of amides is 1. The maximum absolute atomic E-state index is 12.8. The van der Waals surface area contributed by atoms with Crippen LogP contribution in [-0.2, 0) is 7.05 Å². The van der Waals surface area contributed by atoms with Crippen molar-refractivity contribution in [3.8, 4) is 0 Å². The molecule has 1 amide bonds.